The van der Waals surface area contributed by atoms with Crippen LogP contribution in [-0.4, -0.2) is 58.6 Å². The Kier molecular flexibility index (Phi) is 5.19. The lowest BCUT2D eigenvalue weighted by atomic mass is 10.2. The van der Waals surface area contributed by atoms with Gasteiger partial charge in [-0.25, -0.2) is 18.2 Å². The first-order valence-corrected chi connectivity index (χ1v) is 7.91. The van der Waals surface area contributed by atoms with Crippen LogP contribution < -0.4 is 5.32 Å². The molecule has 0 aromatic carbocycles. The van der Waals surface area contributed by atoms with E-state index < -0.39 is 27.8 Å². The van der Waals surface area contributed by atoms with Crippen LogP contribution >= 0.6 is 0 Å². The van der Waals surface area contributed by atoms with E-state index in [4.69, 9.17) is 5.11 Å². The van der Waals surface area contributed by atoms with Crippen LogP contribution in [0.1, 0.15) is 29.8 Å². The summed E-state index contributed by atoms with van der Waals surface area (Å²) in [7, 11) is -3.31. The van der Waals surface area contributed by atoms with Gasteiger partial charge in [0.05, 0.1) is 5.75 Å². The number of aromatic nitrogens is 3. The Morgan fingerprint density at radius 1 is 1.45 bits per heavy atom. The van der Waals surface area contributed by atoms with E-state index in [-0.39, 0.29) is 18.0 Å². The van der Waals surface area contributed by atoms with Gasteiger partial charge in [-0.15, -0.1) is 5.10 Å². The molecular formula is C10H16N4O5S. The monoisotopic (exact) mass is 304 g/mol. The smallest absolute Gasteiger partial charge is 0.326 e. The first kappa shape index (κ1) is 16.1. The molecule has 3 N–H and O–H groups in total. The average Bonchev–Trinajstić information content (AvgIpc) is 2.81. The standard InChI is InChI=1S/C10H16N4O5S/c1-3-7-12-8(14-13-7)9(15)11-6(10(16)17)4-5-20(2,18)19/h6H,3-5H2,1-2H3,(H,11,15)(H,16,17)(H,12,13,14). The topological polar surface area (TPSA) is 142 Å². The molecule has 1 amide bonds. The highest BCUT2D eigenvalue weighted by Crippen LogP contribution is 2.00. The number of carbonyl (C=O) groups is 2. The highest BCUT2D eigenvalue weighted by Gasteiger charge is 2.24. The van der Waals surface area contributed by atoms with Crippen LogP contribution in [0.3, 0.4) is 0 Å². The summed E-state index contributed by atoms with van der Waals surface area (Å²) in [6.07, 6.45) is 1.33. The number of aryl methyl sites for hydroxylation is 1. The predicted octanol–water partition coefficient (Wildman–Crippen LogP) is -1.02. The number of carbonyl (C=O) groups excluding carboxylic acids is 1. The lowest BCUT2D eigenvalue weighted by Gasteiger charge is -2.12. The number of sulfone groups is 1. The number of H-pyrrole nitrogens is 1. The maximum atomic E-state index is 11.7. The third kappa shape index (κ3) is 4.96. The van der Waals surface area contributed by atoms with Crippen LogP contribution in [0.2, 0.25) is 0 Å². The predicted molar refractivity (Wildman–Crippen MR) is 69.0 cm³/mol. The summed E-state index contributed by atoms with van der Waals surface area (Å²) in [5.41, 5.74) is 0. The number of carboxylic acid groups (broad SMARTS) is 1. The fraction of sp³-hybridized carbons (Fsp3) is 0.600. The van der Waals surface area contributed by atoms with Gasteiger partial charge < -0.3 is 10.4 Å². The van der Waals surface area contributed by atoms with Crippen LogP contribution in [-0.2, 0) is 21.1 Å². The molecule has 0 aliphatic carbocycles. The molecule has 20 heavy (non-hydrogen) atoms. The molecule has 9 nitrogen and oxygen atoms in total. The number of rotatable bonds is 7. The van der Waals surface area contributed by atoms with E-state index in [0.29, 0.717) is 12.2 Å². The van der Waals surface area contributed by atoms with Gasteiger partial charge in [-0.1, -0.05) is 6.92 Å². The van der Waals surface area contributed by atoms with Crippen LogP contribution in [0.15, 0.2) is 0 Å². The summed E-state index contributed by atoms with van der Waals surface area (Å²) in [4.78, 5) is 26.6. The van der Waals surface area contributed by atoms with E-state index in [1.54, 1.807) is 0 Å². The molecule has 0 aliphatic heterocycles. The summed E-state index contributed by atoms with van der Waals surface area (Å²) >= 11 is 0. The minimum atomic E-state index is -3.31. The molecular weight excluding hydrogens is 288 g/mol. The van der Waals surface area contributed by atoms with Crippen LogP contribution in [0.5, 0.6) is 0 Å². The van der Waals surface area contributed by atoms with Crippen LogP contribution in [0.25, 0.3) is 0 Å². The number of carboxylic acids is 1. The molecule has 0 radical (unpaired) electrons. The number of nitrogens with one attached hydrogen (secondary N) is 2. The van der Waals surface area contributed by atoms with Crippen molar-refractivity contribution in [3.63, 3.8) is 0 Å². The molecule has 0 fully saturated rings. The number of aliphatic carboxylic acids is 1. The number of hydrogen-bond acceptors (Lipinski definition) is 6. The van der Waals surface area contributed by atoms with Crippen molar-refractivity contribution in [2.45, 2.75) is 25.8 Å². The maximum absolute atomic E-state index is 11.7. The van der Waals surface area contributed by atoms with E-state index in [9.17, 15) is 18.0 Å². The van der Waals surface area contributed by atoms with Crippen LogP contribution in [0.4, 0.5) is 0 Å². The van der Waals surface area contributed by atoms with Gasteiger partial charge in [0, 0.05) is 12.7 Å². The molecule has 0 bridgehead atoms. The van der Waals surface area contributed by atoms with Crippen molar-refractivity contribution in [3.05, 3.63) is 11.6 Å². The lowest BCUT2D eigenvalue weighted by Crippen LogP contribution is -2.42. The van der Waals surface area contributed by atoms with Gasteiger partial charge in [-0.2, -0.15) is 0 Å². The van der Waals surface area contributed by atoms with Crippen molar-refractivity contribution in [3.8, 4) is 0 Å². The average molecular weight is 304 g/mol. The minimum Gasteiger partial charge on any atom is -0.480 e. The molecule has 0 saturated heterocycles. The summed E-state index contributed by atoms with van der Waals surface area (Å²) in [5.74, 6) is -2.08. The van der Waals surface area contributed by atoms with Gasteiger partial charge in [0.1, 0.15) is 21.7 Å². The van der Waals surface area contributed by atoms with Gasteiger partial charge in [0.2, 0.25) is 5.82 Å². The first-order valence-electron chi connectivity index (χ1n) is 5.85. The molecule has 1 heterocycles. The molecule has 112 valence electrons. The third-order valence-electron chi connectivity index (χ3n) is 2.45. The van der Waals surface area contributed by atoms with Crippen LogP contribution in [0, 0.1) is 0 Å². The van der Waals surface area contributed by atoms with E-state index in [0.717, 1.165) is 6.26 Å². The second-order valence-corrected chi connectivity index (χ2v) is 6.50. The normalized spacial score (nSPS) is 12.9. The fourth-order valence-corrected chi connectivity index (χ4v) is 2.03. The second kappa shape index (κ2) is 6.46. The van der Waals surface area contributed by atoms with Gasteiger partial charge in [0.15, 0.2) is 0 Å². The summed E-state index contributed by atoms with van der Waals surface area (Å²) < 4.78 is 22.0. The molecule has 1 rings (SSSR count). The zero-order valence-corrected chi connectivity index (χ0v) is 11.9. The molecule has 1 aromatic rings. The van der Waals surface area contributed by atoms with E-state index >= 15 is 0 Å². The lowest BCUT2D eigenvalue weighted by molar-refractivity contribution is -0.139. The second-order valence-electron chi connectivity index (χ2n) is 4.24. The SMILES string of the molecule is CCc1nc(C(=O)NC(CCS(C)(=O)=O)C(=O)O)n[nH]1. The molecule has 10 heteroatoms. The largest absolute Gasteiger partial charge is 0.480 e. The fourth-order valence-electron chi connectivity index (χ4n) is 1.37. The van der Waals surface area contributed by atoms with Crippen molar-refractivity contribution >= 4 is 21.7 Å². The molecule has 1 atom stereocenters. The Balaban J connectivity index is 2.70. The van der Waals surface area contributed by atoms with E-state index in [2.05, 4.69) is 20.5 Å². The first-order chi connectivity index (χ1) is 9.23. The quantitative estimate of drug-likeness (QED) is 0.585. The molecule has 0 saturated carbocycles. The Hall–Kier alpha value is -1.97. The number of amides is 1. The highest BCUT2D eigenvalue weighted by atomic mass is 32.2. The van der Waals surface area contributed by atoms with Gasteiger partial charge in [0.25, 0.3) is 5.91 Å². The zero-order valence-electron chi connectivity index (χ0n) is 11.1. The summed E-state index contributed by atoms with van der Waals surface area (Å²) in [6, 6.07) is -1.30. The Morgan fingerprint density at radius 2 is 2.10 bits per heavy atom. The van der Waals surface area contributed by atoms with E-state index in [1.807, 2.05) is 6.92 Å². The van der Waals surface area contributed by atoms with Gasteiger partial charge >= 0.3 is 5.97 Å². The van der Waals surface area contributed by atoms with Crippen molar-refractivity contribution in [2.24, 2.45) is 0 Å². The van der Waals surface area contributed by atoms with Crippen molar-refractivity contribution in [1.29, 1.82) is 0 Å². The molecule has 0 spiro atoms. The Bertz CT molecular complexity index is 595. The van der Waals surface area contributed by atoms with Gasteiger partial charge in [-0.3, -0.25) is 9.89 Å². The number of hydrogen-bond donors (Lipinski definition) is 3. The number of aromatic amines is 1. The molecule has 1 unspecified atom stereocenters. The van der Waals surface area contributed by atoms with Gasteiger partial charge in [-0.05, 0) is 6.42 Å². The maximum Gasteiger partial charge on any atom is 0.326 e. The Labute approximate surface area is 115 Å². The zero-order chi connectivity index (χ0) is 15.3. The number of nitrogens with zero attached hydrogens (tertiary/aromatic N) is 2. The van der Waals surface area contributed by atoms with Crippen molar-refractivity contribution < 1.29 is 23.1 Å². The summed E-state index contributed by atoms with van der Waals surface area (Å²) in [5, 5.41) is 17.3. The van der Waals surface area contributed by atoms with Crippen molar-refractivity contribution in [2.75, 3.05) is 12.0 Å². The molecule has 0 aliphatic rings. The minimum absolute atomic E-state index is 0.174. The summed E-state index contributed by atoms with van der Waals surface area (Å²) in [6.45, 7) is 1.81. The highest BCUT2D eigenvalue weighted by molar-refractivity contribution is 7.90. The van der Waals surface area contributed by atoms with Crippen molar-refractivity contribution in [1.82, 2.24) is 20.5 Å². The van der Waals surface area contributed by atoms with E-state index in [1.165, 1.54) is 0 Å². The Morgan fingerprint density at radius 3 is 2.55 bits per heavy atom. The third-order valence-corrected chi connectivity index (χ3v) is 3.43. The molecule has 1 aromatic heterocycles.